The number of methoxy groups -OCH3 is 1. The lowest BCUT2D eigenvalue weighted by atomic mass is 9.90. The second-order valence-corrected chi connectivity index (χ2v) is 6.86. The molecule has 1 heterocycles. The Kier molecular flexibility index (Phi) is 5.29. The number of hydrogen-bond donors (Lipinski definition) is 0. The summed E-state index contributed by atoms with van der Waals surface area (Å²) in [4.78, 5) is 26.5. The van der Waals surface area contributed by atoms with Crippen molar-refractivity contribution < 1.29 is 19.1 Å². The highest BCUT2D eigenvalue weighted by Gasteiger charge is 2.31. The van der Waals surface area contributed by atoms with E-state index in [1.807, 2.05) is 26.8 Å². The molecule has 0 aliphatic carbocycles. The number of amides is 1. The van der Waals surface area contributed by atoms with Crippen LogP contribution in [0, 0.1) is 5.92 Å². The van der Waals surface area contributed by atoms with Gasteiger partial charge in [0.2, 0.25) is 0 Å². The topological polar surface area (TPSA) is 55.8 Å². The monoisotopic (exact) mass is 319 g/mol. The van der Waals surface area contributed by atoms with Gasteiger partial charge < -0.3 is 14.4 Å². The summed E-state index contributed by atoms with van der Waals surface area (Å²) in [7, 11) is 1.58. The number of Topliss-reactive ketones (excluding diaryl/α,β-unsaturated/α-hetero) is 1. The second-order valence-electron chi connectivity index (χ2n) is 6.86. The van der Waals surface area contributed by atoms with Crippen molar-refractivity contribution in [3.63, 3.8) is 0 Å². The number of benzene rings is 1. The minimum absolute atomic E-state index is 0.0529. The quantitative estimate of drug-likeness (QED) is 0.800. The molecule has 1 aliphatic heterocycles. The van der Waals surface area contributed by atoms with Crippen LogP contribution in [-0.4, -0.2) is 42.6 Å². The summed E-state index contributed by atoms with van der Waals surface area (Å²) in [6.07, 6.45) is 1.25. The zero-order chi connectivity index (χ0) is 17.0. The zero-order valence-electron chi connectivity index (χ0n) is 14.3. The van der Waals surface area contributed by atoms with Crippen molar-refractivity contribution in [3.8, 4) is 5.75 Å². The molecule has 1 amide bonds. The van der Waals surface area contributed by atoms with Crippen LogP contribution in [-0.2, 0) is 4.74 Å². The number of ether oxygens (including phenoxy) is 2. The van der Waals surface area contributed by atoms with Gasteiger partial charge in [-0.15, -0.1) is 0 Å². The third-order valence-electron chi connectivity index (χ3n) is 3.80. The molecule has 0 bridgehead atoms. The molecule has 1 aromatic carbocycles. The zero-order valence-corrected chi connectivity index (χ0v) is 14.3. The molecular formula is C18H25NO4. The second kappa shape index (κ2) is 7.02. The molecule has 126 valence electrons. The number of hydrogen-bond acceptors (Lipinski definition) is 4. The van der Waals surface area contributed by atoms with Crippen LogP contribution in [0.1, 0.15) is 44.0 Å². The van der Waals surface area contributed by atoms with Gasteiger partial charge in [-0.25, -0.2) is 4.79 Å². The fourth-order valence-corrected chi connectivity index (χ4v) is 2.70. The molecule has 0 aromatic heterocycles. The van der Waals surface area contributed by atoms with E-state index in [0.717, 1.165) is 12.8 Å². The first kappa shape index (κ1) is 17.3. The van der Waals surface area contributed by atoms with Crippen LogP contribution in [0.25, 0.3) is 0 Å². The van der Waals surface area contributed by atoms with Gasteiger partial charge in [0.1, 0.15) is 11.4 Å². The summed E-state index contributed by atoms with van der Waals surface area (Å²) in [5.41, 5.74) is 0.0984. The summed E-state index contributed by atoms with van der Waals surface area (Å²) < 4.78 is 10.6. The Bertz CT molecular complexity index is 577. The number of carbonyl (C=O) groups is 2. The summed E-state index contributed by atoms with van der Waals surface area (Å²) in [5.74, 6) is 0.524. The van der Waals surface area contributed by atoms with Crippen molar-refractivity contribution in [1.29, 1.82) is 0 Å². The van der Waals surface area contributed by atoms with Gasteiger partial charge in [0.05, 0.1) is 7.11 Å². The molecule has 5 nitrogen and oxygen atoms in total. The van der Waals surface area contributed by atoms with Crippen LogP contribution < -0.4 is 4.74 Å². The van der Waals surface area contributed by atoms with Crippen molar-refractivity contribution in [1.82, 2.24) is 4.90 Å². The highest BCUT2D eigenvalue weighted by molar-refractivity contribution is 5.98. The molecule has 1 saturated heterocycles. The predicted molar refractivity (Wildman–Crippen MR) is 87.9 cm³/mol. The van der Waals surface area contributed by atoms with E-state index in [2.05, 4.69) is 0 Å². The average Bonchev–Trinajstić information content (AvgIpc) is 2.52. The number of likely N-dealkylation sites (tertiary alicyclic amines) is 1. The molecule has 0 spiro atoms. The average molecular weight is 319 g/mol. The molecule has 1 fully saturated rings. The van der Waals surface area contributed by atoms with E-state index in [1.165, 1.54) is 0 Å². The Morgan fingerprint density at radius 1 is 1.26 bits per heavy atom. The molecule has 1 atom stereocenters. The van der Waals surface area contributed by atoms with Crippen molar-refractivity contribution >= 4 is 11.9 Å². The van der Waals surface area contributed by atoms with Crippen LogP contribution in [0.3, 0.4) is 0 Å². The fraction of sp³-hybridized carbons (Fsp3) is 0.556. The summed E-state index contributed by atoms with van der Waals surface area (Å²) >= 11 is 0. The van der Waals surface area contributed by atoms with Crippen LogP contribution >= 0.6 is 0 Å². The lowest BCUT2D eigenvalue weighted by Crippen LogP contribution is -2.44. The Hall–Kier alpha value is -2.04. The molecule has 5 heteroatoms. The molecular weight excluding hydrogens is 294 g/mol. The SMILES string of the molecule is COc1cccc(C(=O)C2CCCN(C(=O)OC(C)(C)C)C2)c1. The highest BCUT2D eigenvalue weighted by atomic mass is 16.6. The molecule has 1 aromatic rings. The number of carbonyl (C=O) groups excluding carboxylic acids is 2. The first-order valence-electron chi connectivity index (χ1n) is 7.96. The van der Waals surface area contributed by atoms with E-state index in [1.54, 1.807) is 30.2 Å². The van der Waals surface area contributed by atoms with Gasteiger partial charge in [0, 0.05) is 24.6 Å². The first-order valence-corrected chi connectivity index (χ1v) is 7.96. The van der Waals surface area contributed by atoms with Crippen LogP contribution in [0.5, 0.6) is 5.75 Å². The van der Waals surface area contributed by atoms with Gasteiger partial charge >= 0.3 is 6.09 Å². The minimum atomic E-state index is -0.527. The van der Waals surface area contributed by atoms with Crippen molar-refractivity contribution in [3.05, 3.63) is 29.8 Å². The summed E-state index contributed by atoms with van der Waals surface area (Å²) in [6.45, 7) is 6.57. The van der Waals surface area contributed by atoms with Crippen molar-refractivity contribution in [2.24, 2.45) is 5.92 Å². The number of nitrogens with zero attached hydrogens (tertiary/aromatic N) is 1. The molecule has 1 unspecified atom stereocenters. The van der Waals surface area contributed by atoms with Gasteiger partial charge in [0.15, 0.2) is 5.78 Å². The van der Waals surface area contributed by atoms with E-state index in [9.17, 15) is 9.59 Å². The lowest BCUT2D eigenvalue weighted by molar-refractivity contribution is 0.0172. The largest absolute Gasteiger partial charge is 0.497 e. The fourth-order valence-electron chi connectivity index (χ4n) is 2.70. The van der Waals surface area contributed by atoms with Crippen molar-refractivity contribution in [2.45, 2.75) is 39.2 Å². The molecule has 1 aliphatic rings. The van der Waals surface area contributed by atoms with Gasteiger partial charge in [0.25, 0.3) is 0 Å². The van der Waals surface area contributed by atoms with E-state index in [4.69, 9.17) is 9.47 Å². The minimum Gasteiger partial charge on any atom is -0.497 e. The smallest absolute Gasteiger partial charge is 0.410 e. The van der Waals surface area contributed by atoms with E-state index in [-0.39, 0.29) is 17.8 Å². The van der Waals surface area contributed by atoms with Gasteiger partial charge in [-0.05, 0) is 45.7 Å². The molecule has 2 rings (SSSR count). The number of ketones is 1. The first-order chi connectivity index (χ1) is 10.8. The maximum absolute atomic E-state index is 12.7. The summed E-state index contributed by atoms with van der Waals surface area (Å²) in [6, 6.07) is 7.15. The summed E-state index contributed by atoms with van der Waals surface area (Å²) in [5, 5.41) is 0. The Labute approximate surface area is 137 Å². The third kappa shape index (κ3) is 4.71. The maximum atomic E-state index is 12.7. The molecule has 23 heavy (non-hydrogen) atoms. The number of piperidine rings is 1. The standard InChI is InChI=1S/C18H25NO4/c1-18(2,3)23-17(21)19-10-6-8-14(12-19)16(20)13-7-5-9-15(11-13)22-4/h5,7,9,11,14H,6,8,10,12H2,1-4H3. The highest BCUT2D eigenvalue weighted by Crippen LogP contribution is 2.24. The van der Waals surface area contributed by atoms with Gasteiger partial charge in [-0.1, -0.05) is 12.1 Å². The normalized spacial score (nSPS) is 18.4. The Morgan fingerprint density at radius 3 is 2.65 bits per heavy atom. The lowest BCUT2D eigenvalue weighted by Gasteiger charge is -2.33. The van der Waals surface area contributed by atoms with Crippen LogP contribution in [0.2, 0.25) is 0 Å². The molecule has 0 N–H and O–H groups in total. The molecule has 0 saturated carbocycles. The van der Waals surface area contributed by atoms with Crippen LogP contribution in [0.4, 0.5) is 4.79 Å². The van der Waals surface area contributed by atoms with Gasteiger partial charge in [-0.3, -0.25) is 4.79 Å². The molecule has 0 radical (unpaired) electrons. The van der Waals surface area contributed by atoms with Gasteiger partial charge in [-0.2, -0.15) is 0 Å². The van der Waals surface area contributed by atoms with Crippen LogP contribution in [0.15, 0.2) is 24.3 Å². The Morgan fingerprint density at radius 2 is 2.00 bits per heavy atom. The van der Waals surface area contributed by atoms with E-state index >= 15 is 0 Å². The van der Waals surface area contributed by atoms with E-state index < -0.39 is 5.60 Å². The maximum Gasteiger partial charge on any atom is 0.410 e. The third-order valence-corrected chi connectivity index (χ3v) is 3.80. The van der Waals surface area contributed by atoms with E-state index in [0.29, 0.717) is 24.4 Å². The van der Waals surface area contributed by atoms with Crippen molar-refractivity contribution in [2.75, 3.05) is 20.2 Å². The Balaban J connectivity index is 2.05. The number of rotatable bonds is 3. The predicted octanol–water partition coefficient (Wildman–Crippen LogP) is 3.53.